The molecule has 0 radical (unpaired) electrons. The van der Waals surface area contributed by atoms with E-state index in [2.05, 4.69) is 15.6 Å². The van der Waals surface area contributed by atoms with E-state index in [9.17, 15) is 34.5 Å². The highest BCUT2D eigenvalue weighted by atomic mass is 16.4. The highest BCUT2D eigenvalue weighted by Crippen LogP contribution is 2.36. The molecular formula is C38H36N4O7. The zero-order chi connectivity index (χ0) is 34.5. The monoisotopic (exact) mass is 660 g/mol. The van der Waals surface area contributed by atoms with Crippen LogP contribution in [-0.2, 0) is 23.2 Å². The second-order valence-electron chi connectivity index (χ2n) is 12.2. The van der Waals surface area contributed by atoms with E-state index in [4.69, 9.17) is 0 Å². The minimum atomic E-state index is -1.12. The van der Waals surface area contributed by atoms with Crippen LogP contribution in [0, 0.1) is 0 Å². The van der Waals surface area contributed by atoms with Gasteiger partial charge in [-0.05, 0) is 71.6 Å². The number of benzene rings is 4. The van der Waals surface area contributed by atoms with Gasteiger partial charge in [-0.15, -0.1) is 0 Å². The zero-order valence-electron chi connectivity index (χ0n) is 26.6. The summed E-state index contributed by atoms with van der Waals surface area (Å²) in [5.41, 5.74) is 2.90. The van der Waals surface area contributed by atoms with Crippen molar-refractivity contribution in [1.29, 1.82) is 0 Å². The van der Waals surface area contributed by atoms with Crippen molar-refractivity contribution in [2.24, 2.45) is 0 Å². The first-order valence-corrected chi connectivity index (χ1v) is 15.9. The van der Waals surface area contributed by atoms with Crippen molar-refractivity contribution in [3.63, 3.8) is 0 Å². The van der Waals surface area contributed by atoms with Gasteiger partial charge in [0.2, 0.25) is 5.56 Å². The molecule has 11 heteroatoms. The van der Waals surface area contributed by atoms with Crippen LogP contribution in [0.1, 0.15) is 49.1 Å². The molecule has 0 unspecified atom stereocenters. The largest absolute Gasteiger partial charge is 0.506 e. The number of phenols is 1. The van der Waals surface area contributed by atoms with Gasteiger partial charge in [-0.1, -0.05) is 60.7 Å². The van der Waals surface area contributed by atoms with E-state index in [1.165, 1.54) is 17.0 Å². The van der Waals surface area contributed by atoms with E-state index >= 15 is 0 Å². The molecular weight excluding hydrogens is 624 g/mol. The number of phenolic OH excluding ortho intramolecular Hbond substituents is 1. The number of aromatic amines is 1. The van der Waals surface area contributed by atoms with Crippen molar-refractivity contribution in [2.45, 2.75) is 24.5 Å². The van der Waals surface area contributed by atoms with Crippen molar-refractivity contribution in [3.8, 4) is 5.75 Å². The van der Waals surface area contributed by atoms with Crippen LogP contribution in [0.3, 0.4) is 0 Å². The third-order valence-corrected chi connectivity index (χ3v) is 9.01. The SMILES string of the molecule is O=C(NCc1ccc(CCNC[C@H](O)c2ccc(O)c3[nH]c(=O)ccc23)cc1)c1ccc(C(=O)N2CC(C(=O)O)(c3ccccc3)C2)cc1. The maximum Gasteiger partial charge on any atom is 0.317 e. The van der Waals surface area contributed by atoms with Crippen molar-refractivity contribution < 1.29 is 29.7 Å². The number of aliphatic hydroxyl groups excluding tert-OH is 1. The number of fused-ring (bicyclic) bond motifs is 1. The number of aromatic nitrogens is 1. The summed E-state index contributed by atoms with van der Waals surface area (Å²) in [5, 5.41) is 37.4. The van der Waals surface area contributed by atoms with Crippen LogP contribution < -0.4 is 16.2 Å². The Kier molecular flexibility index (Phi) is 9.56. The van der Waals surface area contributed by atoms with Gasteiger partial charge in [0, 0.05) is 48.8 Å². The number of hydrogen-bond acceptors (Lipinski definition) is 7. The predicted molar refractivity (Wildman–Crippen MR) is 183 cm³/mol. The Labute approximate surface area is 281 Å². The number of aliphatic carboxylic acids is 1. The van der Waals surface area contributed by atoms with E-state index in [-0.39, 0.29) is 42.8 Å². The van der Waals surface area contributed by atoms with Gasteiger partial charge in [-0.3, -0.25) is 19.2 Å². The highest BCUT2D eigenvalue weighted by Gasteiger charge is 2.52. The number of aliphatic hydroxyl groups is 1. The Balaban J connectivity index is 0.944. The van der Waals surface area contributed by atoms with Crippen LogP contribution in [-0.4, -0.2) is 69.2 Å². The van der Waals surface area contributed by atoms with E-state index in [0.717, 1.165) is 17.5 Å². The number of nitrogens with zero attached hydrogens (tertiary/aromatic N) is 1. The first-order chi connectivity index (χ1) is 23.6. The first-order valence-electron chi connectivity index (χ1n) is 15.9. The lowest BCUT2D eigenvalue weighted by Crippen LogP contribution is -2.65. The van der Waals surface area contributed by atoms with Crippen LogP contribution in [0.4, 0.5) is 0 Å². The molecule has 11 nitrogen and oxygen atoms in total. The van der Waals surface area contributed by atoms with Gasteiger partial charge >= 0.3 is 5.97 Å². The average molecular weight is 661 g/mol. The molecule has 0 bridgehead atoms. The molecule has 2 amide bonds. The zero-order valence-corrected chi connectivity index (χ0v) is 26.6. The fourth-order valence-electron chi connectivity index (χ4n) is 6.13. The van der Waals surface area contributed by atoms with Crippen molar-refractivity contribution >= 4 is 28.7 Å². The van der Waals surface area contributed by atoms with Gasteiger partial charge in [-0.2, -0.15) is 0 Å². The maximum absolute atomic E-state index is 13.0. The number of amides is 2. The van der Waals surface area contributed by atoms with Gasteiger partial charge in [-0.25, -0.2) is 0 Å². The average Bonchev–Trinajstić information content (AvgIpc) is 3.09. The smallest absolute Gasteiger partial charge is 0.317 e. The number of carbonyl (C=O) groups excluding carboxylic acids is 2. The number of hydrogen-bond donors (Lipinski definition) is 6. The minimum absolute atomic E-state index is 0.0542. The van der Waals surface area contributed by atoms with Gasteiger partial charge in [0.1, 0.15) is 11.2 Å². The lowest BCUT2D eigenvalue weighted by molar-refractivity contribution is -0.149. The Morgan fingerprint density at radius 2 is 1.51 bits per heavy atom. The number of carbonyl (C=O) groups is 3. The molecule has 49 heavy (non-hydrogen) atoms. The predicted octanol–water partition coefficient (Wildman–Crippen LogP) is 3.51. The van der Waals surface area contributed by atoms with E-state index in [1.807, 2.05) is 30.3 Å². The summed E-state index contributed by atoms with van der Waals surface area (Å²) in [5.74, 6) is -1.58. The molecule has 1 aliphatic heterocycles. The lowest BCUT2D eigenvalue weighted by Gasteiger charge is -2.47. The minimum Gasteiger partial charge on any atom is -0.506 e. The van der Waals surface area contributed by atoms with Crippen LogP contribution in [0.5, 0.6) is 5.75 Å². The van der Waals surface area contributed by atoms with Crippen LogP contribution in [0.25, 0.3) is 10.9 Å². The van der Waals surface area contributed by atoms with Gasteiger partial charge in [0.25, 0.3) is 11.8 Å². The van der Waals surface area contributed by atoms with Crippen molar-refractivity contribution in [3.05, 3.63) is 147 Å². The second-order valence-corrected chi connectivity index (χ2v) is 12.2. The van der Waals surface area contributed by atoms with E-state index < -0.39 is 17.5 Å². The quantitative estimate of drug-likeness (QED) is 0.110. The van der Waals surface area contributed by atoms with Gasteiger partial charge in [0.15, 0.2) is 0 Å². The summed E-state index contributed by atoms with van der Waals surface area (Å²) in [4.78, 5) is 53.6. The fourth-order valence-corrected chi connectivity index (χ4v) is 6.13. The summed E-state index contributed by atoms with van der Waals surface area (Å²) in [6, 6.07) is 29.1. The third-order valence-electron chi connectivity index (χ3n) is 9.01. The maximum atomic E-state index is 13.0. The first kappa shape index (κ1) is 33.1. The number of aromatic hydroxyl groups is 1. The number of rotatable bonds is 12. The molecule has 1 aliphatic rings. The molecule has 6 rings (SSSR count). The molecule has 1 saturated heterocycles. The molecule has 1 fully saturated rings. The van der Waals surface area contributed by atoms with Crippen LogP contribution in [0.15, 0.2) is 108 Å². The molecule has 6 N–H and O–H groups in total. The number of carboxylic acids is 1. The van der Waals surface area contributed by atoms with E-state index in [0.29, 0.717) is 46.2 Å². The normalized spacial score (nSPS) is 14.2. The molecule has 5 aromatic rings. The summed E-state index contributed by atoms with van der Waals surface area (Å²) >= 11 is 0. The molecule has 4 aromatic carbocycles. The Morgan fingerprint density at radius 3 is 2.20 bits per heavy atom. The molecule has 0 spiro atoms. The number of pyridine rings is 1. The van der Waals surface area contributed by atoms with Crippen molar-refractivity contribution in [1.82, 2.24) is 20.5 Å². The number of H-pyrrole nitrogens is 1. The molecule has 250 valence electrons. The fraction of sp³-hybridized carbons (Fsp3) is 0.211. The number of carboxylic acid groups (broad SMARTS) is 1. The van der Waals surface area contributed by atoms with E-state index in [1.54, 1.807) is 60.7 Å². The molecule has 1 aromatic heterocycles. The number of likely N-dealkylation sites (tertiary alicyclic amines) is 1. The van der Waals surface area contributed by atoms with Crippen LogP contribution in [0.2, 0.25) is 0 Å². The highest BCUT2D eigenvalue weighted by molar-refractivity contribution is 5.99. The summed E-state index contributed by atoms with van der Waals surface area (Å²) < 4.78 is 0. The van der Waals surface area contributed by atoms with Crippen molar-refractivity contribution in [2.75, 3.05) is 26.2 Å². The Morgan fingerprint density at radius 1 is 0.837 bits per heavy atom. The topological polar surface area (TPSA) is 172 Å². The standard InChI is InChI=1S/C38H36N4O7/c43-31-16-14-29(30-15-17-33(45)41-34(30)31)32(44)21-39-19-18-24-6-8-25(9-7-24)20-40-35(46)26-10-12-27(13-11-26)36(47)42-22-38(23-42,37(48)49)28-4-2-1-3-5-28/h1-17,32,39,43-44H,18-23H2,(H,40,46)(H,41,45)(H,48,49)/t32-/m0/s1. The molecule has 0 saturated carbocycles. The summed E-state index contributed by atoms with van der Waals surface area (Å²) in [7, 11) is 0. The molecule has 2 heterocycles. The van der Waals surface area contributed by atoms with Gasteiger partial charge in [0.05, 0.1) is 11.6 Å². The summed E-state index contributed by atoms with van der Waals surface area (Å²) in [6.45, 7) is 1.38. The molecule has 1 atom stereocenters. The second kappa shape index (κ2) is 14.1. The summed E-state index contributed by atoms with van der Waals surface area (Å²) in [6.07, 6.45) is -0.120. The molecule has 0 aliphatic carbocycles. The van der Waals surface area contributed by atoms with Crippen LogP contribution >= 0.6 is 0 Å². The number of nitrogens with one attached hydrogen (secondary N) is 3. The third kappa shape index (κ3) is 7.08. The Hall–Kier alpha value is -5.78. The van der Waals surface area contributed by atoms with Gasteiger partial charge < -0.3 is 35.8 Å². The Bertz CT molecular complexity index is 2040. The lowest BCUT2D eigenvalue weighted by atomic mass is 9.73.